The molecule has 0 radical (unpaired) electrons. The first-order valence-corrected chi connectivity index (χ1v) is 8.07. The van der Waals surface area contributed by atoms with E-state index < -0.39 is 12.1 Å². The van der Waals surface area contributed by atoms with Crippen molar-refractivity contribution in [1.29, 1.82) is 0 Å². The summed E-state index contributed by atoms with van der Waals surface area (Å²) in [5.74, 6) is 0. The molecule has 15 heavy (non-hydrogen) atoms. The maximum absolute atomic E-state index is 11.4. The average Bonchev–Trinajstić information content (AvgIpc) is 2.14. The van der Waals surface area contributed by atoms with Crippen LogP contribution < -0.4 is 0 Å². The summed E-state index contributed by atoms with van der Waals surface area (Å²) < 4.78 is 11.4. The quantitative estimate of drug-likeness (QED) is 0.353. The highest BCUT2D eigenvalue weighted by molar-refractivity contribution is 8.05. The molecule has 0 N–H and O–H groups in total. The first kappa shape index (κ1) is 12.3. The number of hydrogen-bond donors (Lipinski definition) is 0. The molecular weight excluding hydrogens is 233 g/mol. The Kier molecular flexibility index (Phi) is 3.94. The zero-order valence-electron chi connectivity index (χ0n) is 8.54. The largest absolute Gasteiger partial charge is 0.323 e. The van der Waals surface area contributed by atoms with Gasteiger partial charge in [-0.05, 0) is 25.5 Å². The third-order valence-corrected chi connectivity index (χ3v) is 5.20. The van der Waals surface area contributed by atoms with Gasteiger partial charge in [0, 0.05) is 17.0 Å². The molecule has 0 atom stereocenters. The van der Waals surface area contributed by atoms with Crippen molar-refractivity contribution < 1.29 is 9.49 Å². The maximum Gasteiger partial charge on any atom is 0.269 e. The fraction of sp³-hybridized carbons (Fsp3) is 0.333. The molecule has 0 aliphatic rings. The Hall–Kier alpha value is -0.800. The van der Waals surface area contributed by atoms with E-state index >= 15 is 0 Å². The monoisotopic (exact) mass is 245 g/mol. The smallest absolute Gasteiger partial charge is 0.269 e. The molecule has 0 aromatic heterocycles. The van der Waals surface area contributed by atoms with Crippen LogP contribution in [-0.2, 0) is 4.57 Å². The van der Waals surface area contributed by atoms with Crippen molar-refractivity contribution in [1.82, 2.24) is 0 Å². The van der Waals surface area contributed by atoms with E-state index in [0.29, 0.717) is 5.49 Å². The van der Waals surface area contributed by atoms with Gasteiger partial charge in [0.25, 0.3) is 5.69 Å². The SMILES string of the molecule is CP(C)(=O)CSc1ccc([N+](=O)[O-])cc1. The Morgan fingerprint density at radius 2 is 1.87 bits per heavy atom. The van der Waals surface area contributed by atoms with Crippen molar-refractivity contribution in [2.75, 3.05) is 18.8 Å². The molecule has 1 aromatic carbocycles. The molecular formula is C9H12NO3PS. The zero-order chi connectivity index (χ0) is 11.5. The van der Waals surface area contributed by atoms with Crippen LogP contribution in [0.3, 0.4) is 0 Å². The summed E-state index contributed by atoms with van der Waals surface area (Å²) in [6.45, 7) is 3.46. The molecule has 1 rings (SSSR count). The van der Waals surface area contributed by atoms with Crippen LogP contribution in [0.2, 0.25) is 0 Å². The Morgan fingerprint density at radius 1 is 1.33 bits per heavy atom. The fourth-order valence-corrected chi connectivity index (χ4v) is 3.06. The summed E-state index contributed by atoms with van der Waals surface area (Å²) in [5.41, 5.74) is 0.640. The predicted octanol–water partition coefficient (Wildman–Crippen LogP) is 3.27. The van der Waals surface area contributed by atoms with Gasteiger partial charge in [-0.15, -0.1) is 11.8 Å². The number of hydrogen-bond acceptors (Lipinski definition) is 4. The van der Waals surface area contributed by atoms with Crippen molar-refractivity contribution >= 4 is 24.6 Å². The molecule has 6 heteroatoms. The van der Waals surface area contributed by atoms with E-state index in [0.717, 1.165) is 4.90 Å². The molecule has 0 aliphatic heterocycles. The van der Waals surface area contributed by atoms with Crippen LogP contribution in [0.5, 0.6) is 0 Å². The Labute approximate surface area is 92.6 Å². The van der Waals surface area contributed by atoms with Crippen LogP contribution in [0.25, 0.3) is 0 Å². The summed E-state index contributed by atoms with van der Waals surface area (Å²) >= 11 is 1.46. The number of nitrogens with zero attached hydrogens (tertiary/aromatic N) is 1. The maximum atomic E-state index is 11.4. The van der Waals surface area contributed by atoms with E-state index in [9.17, 15) is 14.7 Å². The second-order valence-electron chi connectivity index (χ2n) is 3.60. The van der Waals surface area contributed by atoms with Crippen molar-refractivity contribution in [2.24, 2.45) is 0 Å². The number of benzene rings is 1. The van der Waals surface area contributed by atoms with Crippen LogP contribution in [0.15, 0.2) is 29.2 Å². The second kappa shape index (κ2) is 4.81. The van der Waals surface area contributed by atoms with E-state index in [1.165, 1.54) is 23.9 Å². The predicted molar refractivity (Wildman–Crippen MR) is 63.3 cm³/mol. The van der Waals surface area contributed by atoms with Crippen LogP contribution in [0.4, 0.5) is 5.69 Å². The van der Waals surface area contributed by atoms with Crippen molar-refractivity contribution in [3.63, 3.8) is 0 Å². The van der Waals surface area contributed by atoms with Crippen LogP contribution >= 0.6 is 18.9 Å². The van der Waals surface area contributed by atoms with Gasteiger partial charge >= 0.3 is 0 Å². The normalized spacial score (nSPS) is 11.3. The lowest BCUT2D eigenvalue weighted by Crippen LogP contribution is -1.87. The Balaban J connectivity index is 2.65. The highest BCUT2D eigenvalue weighted by Gasteiger charge is 2.09. The minimum absolute atomic E-state index is 0.0792. The number of rotatable bonds is 4. The van der Waals surface area contributed by atoms with Gasteiger partial charge in [0.05, 0.1) is 17.6 Å². The lowest BCUT2D eigenvalue weighted by atomic mass is 10.3. The third kappa shape index (κ3) is 4.49. The number of nitro groups is 1. The standard InChI is InChI=1S/C9H12NO3PS/c1-14(2,13)7-15-9-5-3-8(4-6-9)10(11)12/h3-6H,7H2,1-2H3. The fourth-order valence-electron chi connectivity index (χ4n) is 0.894. The third-order valence-electron chi connectivity index (χ3n) is 1.59. The topological polar surface area (TPSA) is 60.2 Å². The van der Waals surface area contributed by atoms with E-state index in [2.05, 4.69) is 0 Å². The molecule has 1 aromatic rings. The summed E-state index contributed by atoms with van der Waals surface area (Å²) in [7, 11) is -2.03. The van der Waals surface area contributed by atoms with Crippen molar-refractivity contribution in [2.45, 2.75) is 4.90 Å². The van der Waals surface area contributed by atoms with E-state index in [1.807, 2.05) is 0 Å². The summed E-state index contributed by atoms with van der Waals surface area (Å²) in [6.07, 6.45) is 0. The van der Waals surface area contributed by atoms with E-state index in [-0.39, 0.29) is 5.69 Å². The molecule has 0 fully saturated rings. The summed E-state index contributed by atoms with van der Waals surface area (Å²) in [6, 6.07) is 6.27. The summed E-state index contributed by atoms with van der Waals surface area (Å²) in [5, 5.41) is 10.4. The molecule has 0 unspecified atom stereocenters. The Morgan fingerprint density at radius 3 is 2.27 bits per heavy atom. The lowest BCUT2D eigenvalue weighted by Gasteiger charge is -2.05. The highest BCUT2D eigenvalue weighted by Crippen LogP contribution is 2.42. The first-order chi connectivity index (χ1) is 6.88. The van der Waals surface area contributed by atoms with E-state index in [1.54, 1.807) is 25.5 Å². The zero-order valence-corrected chi connectivity index (χ0v) is 10.3. The molecule has 0 heterocycles. The minimum atomic E-state index is -2.03. The second-order valence-corrected chi connectivity index (χ2v) is 8.54. The van der Waals surface area contributed by atoms with Crippen LogP contribution in [-0.4, -0.2) is 23.7 Å². The minimum Gasteiger partial charge on any atom is -0.323 e. The van der Waals surface area contributed by atoms with Gasteiger partial charge < -0.3 is 4.57 Å². The molecule has 82 valence electrons. The van der Waals surface area contributed by atoms with Crippen LogP contribution in [0.1, 0.15) is 0 Å². The molecule has 4 nitrogen and oxygen atoms in total. The molecule has 0 saturated heterocycles. The first-order valence-electron chi connectivity index (χ1n) is 4.30. The van der Waals surface area contributed by atoms with Gasteiger partial charge in [0.1, 0.15) is 0 Å². The van der Waals surface area contributed by atoms with Gasteiger partial charge in [0.2, 0.25) is 0 Å². The molecule has 0 saturated carbocycles. The molecule has 0 spiro atoms. The van der Waals surface area contributed by atoms with Gasteiger partial charge in [-0.2, -0.15) is 0 Å². The molecule has 0 amide bonds. The molecule has 0 bridgehead atoms. The Bertz CT molecular complexity index is 398. The number of nitro benzene ring substituents is 1. The van der Waals surface area contributed by atoms with Gasteiger partial charge in [-0.25, -0.2) is 0 Å². The van der Waals surface area contributed by atoms with Crippen LogP contribution in [0, 0.1) is 10.1 Å². The van der Waals surface area contributed by atoms with Gasteiger partial charge in [0.15, 0.2) is 0 Å². The van der Waals surface area contributed by atoms with E-state index in [4.69, 9.17) is 0 Å². The van der Waals surface area contributed by atoms with Crippen molar-refractivity contribution in [3.8, 4) is 0 Å². The molecule has 0 aliphatic carbocycles. The van der Waals surface area contributed by atoms with Gasteiger partial charge in [-0.3, -0.25) is 10.1 Å². The summed E-state index contributed by atoms with van der Waals surface area (Å²) in [4.78, 5) is 10.9. The highest BCUT2D eigenvalue weighted by atomic mass is 32.2. The average molecular weight is 245 g/mol. The van der Waals surface area contributed by atoms with Crippen molar-refractivity contribution in [3.05, 3.63) is 34.4 Å². The van der Waals surface area contributed by atoms with Gasteiger partial charge in [-0.1, -0.05) is 0 Å². The number of non-ortho nitro benzene ring substituents is 1. The number of thioether (sulfide) groups is 1. The lowest BCUT2D eigenvalue weighted by molar-refractivity contribution is -0.384.